The van der Waals surface area contributed by atoms with Gasteiger partial charge >= 0.3 is 0 Å². The average Bonchev–Trinajstić information content (AvgIpc) is 3.10. The summed E-state index contributed by atoms with van der Waals surface area (Å²) in [4.78, 5) is 26.0. The molecule has 0 bridgehead atoms. The zero-order chi connectivity index (χ0) is 16.9. The predicted octanol–water partition coefficient (Wildman–Crippen LogP) is 4.50. The Kier molecular flexibility index (Phi) is 4.87. The van der Waals surface area contributed by atoms with Crippen LogP contribution in [-0.2, 0) is 6.54 Å². The molecule has 0 saturated heterocycles. The monoisotopic (exact) mass is 335 g/mol. The summed E-state index contributed by atoms with van der Waals surface area (Å²) < 4.78 is 0. The number of aldehydes is 1. The van der Waals surface area contributed by atoms with Crippen molar-refractivity contribution in [3.05, 3.63) is 82.0 Å². The quantitative estimate of drug-likeness (QED) is 0.644. The Balaban J connectivity index is 1.71. The first-order chi connectivity index (χ1) is 11.7. The summed E-state index contributed by atoms with van der Waals surface area (Å²) in [6.45, 7) is 0.574. The average molecular weight is 335 g/mol. The number of hydrogen-bond acceptors (Lipinski definition) is 3. The molecule has 24 heavy (non-hydrogen) atoms. The van der Waals surface area contributed by atoms with Crippen LogP contribution in [0.5, 0.6) is 0 Å². The topological polar surface area (TPSA) is 37.4 Å². The van der Waals surface area contributed by atoms with Gasteiger partial charge in [0, 0.05) is 23.1 Å². The lowest BCUT2D eigenvalue weighted by atomic mass is 10.1. The van der Waals surface area contributed by atoms with Crippen molar-refractivity contribution in [3.8, 4) is 11.1 Å². The summed E-state index contributed by atoms with van der Waals surface area (Å²) in [5.74, 6) is 0.0147. The second-order valence-corrected chi connectivity index (χ2v) is 6.56. The predicted molar refractivity (Wildman–Crippen MR) is 97.4 cm³/mol. The Hall–Kier alpha value is -2.72. The molecule has 0 spiro atoms. The van der Waals surface area contributed by atoms with E-state index >= 15 is 0 Å². The molecular weight excluding hydrogens is 318 g/mol. The zero-order valence-corrected chi connectivity index (χ0v) is 14.1. The first kappa shape index (κ1) is 16.1. The van der Waals surface area contributed by atoms with E-state index in [1.165, 1.54) is 0 Å². The Morgan fingerprint density at radius 1 is 1.04 bits per heavy atom. The van der Waals surface area contributed by atoms with E-state index < -0.39 is 0 Å². The van der Waals surface area contributed by atoms with Crippen molar-refractivity contribution in [1.82, 2.24) is 4.90 Å². The van der Waals surface area contributed by atoms with Gasteiger partial charge in [0.15, 0.2) is 0 Å². The highest BCUT2D eigenvalue weighted by Gasteiger charge is 2.13. The number of rotatable bonds is 5. The van der Waals surface area contributed by atoms with Crippen molar-refractivity contribution in [2.75, 3.05) is 7.05 Å². The molecule has 0 aliphatic heterocycles. The van der Waals surface area contributed by atoms with Crippen molar-refractivity contribution in [3.63, 3.8) is 0 Å². The van der Waals surface area contributed by atoms with E-state index in [0.717, 1.165) is 22.3 Å². The molecule has 0 saturated carbocycles. The van der Waals surface area contributed by atoms with Gasteiger partial charge in [-0.25, -0.2) is 0 Å². The number of carbonyl (C=O) groups excluding carboxylic acids is 2. The number of amides is 1. The van der Waals surface area contributed by atoms with Gasteiger partial charge in [0.05, 0.1) is 6.54 Å². The Labute approximate surface area is 145 Å². The van der Waals surface area contributed by atoms with Crippen LogP contribution in [0.25, 0.3) is 11.1 Å². The number of benzene rings is 2. The van der Waals surface area contributed by atoms with E-state index in [2.05, 4.69) is 11.4 Å². The van der Waals surface area contributed by atoms with Gasteiger partial charge in [-0.15, -0.1) is 11.3 Å². The van der Waals surface area contributed by atoms with E-state index in [1.54, 1.807) is 16.2 Å². The van der Waals surface area contributed by atoms with E-state index in [4.69, 9.17) is 0 Å². The van der Waals surface area contributed by atoms with Crippen LogP contribution in [0.4, 0.5) is 0 Å². The molecule has 0 atom stereocenters. The molecule has 2 aromatic carbocycles. The lowest BCUT2D eigenvalue weighted by Gasteiger charge is -2.16. The minimum absolute atomic E-state index is 0.0147. The van der Waals surface area contributed by atoms with Crippen LogP contribution in [0.2, 0.25) is 0 Å². The summed E-state index contributed by atoms with van der Waals surface area (Å²) in [6, 6.07) is 18.9. The zero-order valence-electron chi connectivity index (χ0n) is 13.3. The molecular formula is C20H17NO2S. The molecule has 4 heteroatoms. The minimum Gasteiger partial charge on any atom is -0.337 e. The highest BCUT2D eigenvalue weighted by atomic mass is 32.1. The van der Waals surface area contributed by atoms with Gasteiger partial charge in [0.1, 0.15) is 6.29 Å². The van der Waals surface area contributed by atoms with Crippen molar-refractivity contribution in [2.45, 2.75) is 6.54 Å². The number of carbonyl (C=O) groups is 2. The molecule has 0 aliphatic rings. The number of hydrogen-bond donors (Lipinski definition) is 0. The third-order valence-corrected chi connectivity index (χ3v) is 4.72. The maximum absolute atomic E-state index is 12.4. The summed E-state index contributed by atoms with van der Waals surface area (Å²) in [6.07, 6.45) is 0.840. The highest BCUT2D eigenvalue weighted by Crippen LogP contribution is 2.26. The fraction of sp³-hybridized carbons (Fsp3) is 0.100. The third-order valence-electron chi connectivity index (χ3n) is 3.79. The fourth-order valence-corrected chi connectivity index (χ4v) is 3.42. The summed E-state index contributed by atoms with van der Waals surface area (Å²) in [7, 11) is 1.81. The first-order valence-corrected chi connectivity index (χ1v) is 8.49. The van der Waals surface area contributed by atoms with Gasteiger partial charge in [0.2, 0.25) is 0 Å². The van der Waals surface area contributed by atoms with E-state index in [0.29, 0.717) is 17.7 Å². The summed E-state index contributed by atoms with van der Waals surface area (Å²) in [5, 5.41) is 2.08. The molecule has 1 heterocycles. The lowest BCUT2D eigenvalue weighted by Crippen LogP contribution is -2.25. The van der Waals surface area contributed by atoms with Gasteiger partial charge < -0.3 is 4.90 Å². The van der Waals surface area contributed by atoms with E-state index in [9.17, 15) is 9.59 Å². The molecule has 3 rings (SSSR count). The van der Waals surface area contributed by atoms with Crippen LogP contribution in [0.15, 0.2) is 66.0 Å². The van der Waals surface area contributed by atoms with Crippen LogP contribution in [0.1, 0.15) is 25.6 Å². The van der Waals surface area contributed by atoms with Gasteiger partial charge in [-0.05, 0) is 34.7 Å². The Bertz CT molecular complexity index is 838. The standard InChI is InChI=1S/C20H17NO2S/c1-21(20(23)17-5-3-2-4-6-17)12-19-11-18(14-24-19)16-9-7-15(13-22)8-10-16/h2-11,13-14H,12H2,1H3. The lowest BCUT2D eigenvalue weighted by molar-refractivity contribution is 0.0786. The molecule has 120 valence electrons. The summed E-state index contributed by atoms with van der Waals surface area (Å²) >= 11 is 1.63. The number of nitrogens with zero attached hydrogens (tertiary/aromatic N) is 1. The largest absolute Gasteiger partial charge is 0.337 e. The molecule has 3 nitrogen and oxygen atoms in total. The normalized spacial score (nSPS) is 10.4. The molecule has 3 aromatic rings. The second kappa shape index (κ2) is 7.23. The fourth-order valence-electron chi connectivity index (χ4n) is 2.48. The maximum atomic E-state index is 12.4. The maximum Gasteiger partial charge on any atom is 0.253 e. The van der Waals surface area contributed by atoms with Gasteiger partial charge in [0.25, 0.3) is 5.91 Å². The minimum atomic E-state index is 0.0147. The van der Waals surface area contributed by atoms with Gasteiger partial charge in [-0.3, -0.25) is 9.59 Å². The van der Waals surface area contributed by atoms with E-state index in [1.807, 2.05) is 61.6 Å². The van der Waals surface area contributed by atoms with Gasteiger partial charge in [-0.1, -0.05) is 42.5 Å². The summed E-state index contributed by atoms with van der Waals surface area (Å²) in [5.41, 5.74) is 3.54. The van der Waals surface area contributed by atoms with Crippen molar-refractivity contribution in [1.29, 1.82) is 0 Å². The van der Waals surface area contributed by atoms with E-state index in [-0.39, 0.29) is 5.91 Å². The van der Waals surface area contributed by atoms with Crippen LogP contribution in [0.3, 0.4) is 0 Å². The third kappa shape index (κ3) is 3.60. The SMILES string of the molecule is CN(Cc1cc(-c2ccc(C=O)cc2)cs1)C(=O)c1ccccc1. The Morgan fingerprint density at radius 2 is 1.75 bits per heavy atom. The molecule has 0 unspecified atom stereocenters. The molecule has 1 aromatic heterocycles. The first-order valence-electron chi connectivity index (χ1n) is 7.61. The highest BCUT2D eigenvalue weighted by molar-refractivity contribution is 7.10. The molecule has 1 amide bonds. The van der Waals surface area contributed by atoms with Gasteiger partial charge in [-0.2, -0.15) is 0 Å². The van der Waals surface area contributed by atoms with Crippen molar-refractivity contribution >= 4 is 23.5 Å². The van der Waals surface area contributed by atoms with Crippen LogP contribution in [0, 0.1) is 0 Å². The molecule has 0 fully saturated rings. The molecule has 0 aliphatic carbocycles. The van der Waals surface area contributed by atoms with Crippen LogP contribution in [-0.4, -0.2) is 24.1 Å². The molecule has 0 N–H and O–H groups in total. The van der Waals surface area contributed by atoms with Crippen molar-refractivity contribution in [2.24, 2.45) is 0 Å². The number of thiophene rings is 1. The van der Waals surface area contributed by atoms with Crippen molar-refractivity contribution < 1.29 is 9.59 Å². The molecule has 0 radical (unpaired) electrons. The Morgan fingerprint density at radius 3 is 2.42 bits per heavy atom. The van der Waals surface area contributed by atoms with Crippen LogP contribution >= 0.6 is 11.3 Å². The smallest absolute Gasteiger partial charge is 0.253 e. The van der Waals surface area contributed by atoms with Crippen LogP contribution < -0.4 is 0 Å². The second-order valence-electron chi connectivity index (χ2n) is 5.57.